The van der Waals surface area contributed by atoms with Crippen molar-refractivity contribution < 1.29 is 8.95 Å². The maximum atomic E-state index is 11.3. The summed E-state index contributed by atoms with van der Waals surface area (Å²) in [5.41, 5.74) is 1.28. The van der Waals surface area contributed by atoms with Crippen LogP contribution < -0.4 is 10.1 Å². The van der Waals surface area contributed by atoms with E-state index in [2.05, 4.69) is 31.3 Å². The minimum Gasteiger partial charge on any atom is -0.494 e. The fourth-order valence-electron chi connectivity index (χ4n) is 2.38. The van der Waals surface area contributed by atoms with Gasteiger partial charge in [-0.15, -0.1) is 0 Å². The van der Waals surface area contributed by atoms with Crippen LogP contribution in [0.15, 0.2) is 24.3 Å². The van der Waals surface area contributed by atoms with Gasteiger partial charge in [-0.1, -0.05) is 26.0 Å². The minimum absolute atomic E-state index is 0.518. The first-order valence-electron chi connectivity index (χ1n) is 7.93. The number of nitrogens with one attached hydrogen (secondary N) is 1. The molecule has 1 N–H and O–H groups in total. The van der Waals surface area contributed by atoms with Gasteiger partial charge in [0, 0.05) is 34.9 Å². The van der Waals surface area contributed by atoms with E-state index in [9.17, 15) is 4.21 Å². The monoisotopic (exact) mass is 309 g/mol. The molecule has 0 spiro atoms. The highest BCUT2D eigenvalue weighted by atomic mass is 32.2. The summed E-state index contributed by atoms with van der Waals surface area (Å²) < 4.78 is 17.0. The Morgan fingerprint density at radius 2 is 1.90 bits per heavy atom. The molecule has 0 saturated carbocycles. The molecule has 0 amide bonds. The van der Waals surface area contributed by atoms with Crippen molar-refractivity contribution in [2.24, 2.45) is 5.92 Å². The fraction of sp³-hybridized carbons (Fsp3) is 0.647. The van der Waals surface area contributed by atoms with E-state index in [1.54, 1.807) is 0 Å². The molecule has 21 heavy (non-hydrogen) atoms. The maximum absolute atomic E-state index is 11.3. The molecule has 0 aliphatic carbocycles. The van der Waals surface area contributed by atoms with Gasteiger partial charge < -0.3 is 10.1 Å². The second-order valence-electron chi connectivity index (χ2n) is 6.18. The van der Waals surface area contributed by atoms with Crippen LogP contribution in [-0.2, 0) is 17.3 Å². The summed E-state index contributed by atoms with van der Waals surface area (Å²) in [6.07, 6.45) is 3.15. The lowest BCUT2D eigenvalue weighted by atomic mass is 10.1. The van der Waals surface area contributed by atoms with Gasteiger partial charge in [-0.05, 0) is 42.9 Å². The normalized spacial score (nSPS) is 22.4. The predicted molar refractivity (Wildman–Crippen MR) is 89.1 cm³/mol. The van der Waals surface area contributed by atoms with E-state index in [0.717, 1.165) is 49.7 Å². The smallest absolute Gasteiger partial charge is 0.119 e. The van der Waals surface area contributed by atoms with E-state index in [1.165, 1.54) is 5.56 Å². The number of hydrogen-bond donors (Lipinski definition) is 1. The van der Waals surface area contributed by atoms with Gasteiger partial charge in [0.15, 0.2) is 0 Å². The summed E-state index contributed by atoms with van der Waals surface area (Å²) in [5, 5.41) is 3.56. The van der Waals surface area contributed by atoms with Crippen LogP contribution in [0.5, 0.6) is 5.75 Å². The minimum atomic E-state index is -0.576. The van der Waals surface area contributed by atoms with Crippen molar-refractivity contribution >= 4 is 10.8 Å². The highest BCUT2D eigenvalue weighted by Gasteiger charge is 2.16. The second kappa shape index (κ2) is 8.54. The molecule has 1 saturated heterocycles. The summed E-state index contributed by atoms with van der Waals surface area (Å²) in [6.45, 7) is 6.08. The van der Waals surface area contributed by atoms with E-state index in [-0.39, 0.29) is 0 Å². The van der Waals surface area contributed by atoms with Crippen LogP contribution in [0.2, 0.25) is 0 Å². The molecule has 0 atom stereocenters. The molecule has 1 aromatic carbocycles. The van der Waals surface area contributed by atoms with Crippen LogP contribution in [0.4, 0.5) is 0 Å². The zero-order valence-corrected chi connectivity index (χ0v) is 14.0. The molecule has 2 rings (SSSR count). The highest BCUT2D eigenvalue weighted by molar-refractivity contribution is 7.85. The third-order valence-electron chi connectivity index (χ3n) is 3.87. The quantitative estimate of drug-likeness (QED) is 0.841. The molecule has 0 aromatic heterocycles. The summed E-state index contributed by atoms with van der Waals surface area (Å²) in [5.74, 6) is 3.33. The third kappa shape index (κ3) is 6.18. The molecule has 1 fully saturated rings. The molecule has 1 aliphatic heterocycles. The Morgan fingerprint density at radius 3 is 2.52 bits per heavy atom. The van der Waals surface area contributed by atoms with Gasteiger partial charge in [0.2, 0.25) is 0 Å². The fourth-order valence-corrected chi connectivity index (χ4v) is 3.68. The first-order valence-corrected chi connectivity index (χ1v) is 9.42. The molecule has 1 heterocycles. The molecule has 1 aromatic rings. The first kappa shape index (κ1) is 16.5. The Balaban J connectivity index is 1.70. The van der Waals surface area contributed by atoms with Crippen molar-refractivity contribution in [3.05, 3.63) is 29.8 Å². The first-order chi connectivity index (χ1) is 10.1. The van der Waals surface area contributed by atoms with Crippen LogP contribution in [0, 0.1) is 5.92 Å². The van der Waals surface area contributed by atoms with Crippen molar-refractivity contribution in [3.8, 4) is 5.75 Å². The highest BCUT2D eigenvalue weighted by Crippen LogP contribution is 2.14. The number of hydrogen-bond acceptors (Lipinski definition) is 3. The van der Waals surface area contributed by atoms with Crippen molar-refractivity contribution in [3.63, 3.8) is 0 Å². The van der Waals surface area contributed by atoms with Crippen molar-refractivity contribution in [1.29, 1.82) is 0 Å². The summed E-state index contributed by atoms with van der Waals surface area (Å²) >= 11 is 0. The Morgan fingerprint density at radius 1 is 1.24 bits per heavy atom. The Bertz CT molecular complexity index is 435. The topological polar surface area (TPSA) is 38.3 Å². The zero-order valence-electron chi connectivity index (χ0n) is 13.1. The Labute approximate surface area is 130 Å². The Kier molecular flexibility index (Phi) is 6.71. The van der Waals surface area contributed by atoms with Crippen LogP contribution in [0.1, 0.15) is 38.7 Å². The van der Waals surface area contributed by atoms with Crippen LogP contribution in [0.25, 0.3) is 0 Å². The van der Waals surface area contributed by atoms with Gasteiger partial charge in [-0.2, -0.15) is 0 Å². The van der Waals surface area contributed by atoms with Crippen LogP contribution in [-0.4, -0.2) is 28.4 Å². The summed E-state index contributed by atoms with van der Waals surface area (Å²) in [6, 6.07) is 8.86. The largest absolute Gasteiger partial charge is 0.494 e. The lowest BCUT2D eigenvalue weighted by Gasteiger charge is -2.22. The molecule has 3 nitrogen and oxygen atoms in total. The van der Waals surface area contributed by atoms with Crippen molar-refractivity contribution in [1.82, 2.24) is 5.32 Å². The predicted octanol–water partition coefficient (Wildman–Crippen LogP) is 3.11. The maximum Gasteiger partial charge on any atom is 0.119 e. The van der Waals surface area contributed by atoms with E-state index in [1.807, 2.05) is 12.1 Å². The van der Waals surface area contributed by atoms with E-state index >= 15 is 0 Å². The molecule has 0 unspecified atom stereocenters. The second-order valence-corrected chi connectivity index (χ2v) is 7.87. The average Bonchev–Trinajstić information content (AvgIpc) is 2.48. The number of rotatable bonds is 7. The van der Waals surface area contributed by atoms with Gasteiger partial charge in [-0.25, -0.2) is 0 Å². The van der Waals surface area contributed by atoms with Crippen molar-refractivity contribution in [2.45, 2.75) is 45.7 Å². The standard InChI is InChI=1S/C17H27NO2S/c1-14(2)7-10-20-17-5-3-15(4-6-17)13-18-16-8-11-21(19)12-9-16/h3-6,14,16,18H,7-13H2,1-2H3. The third-order valence-corrected chi connectivity index (χ3v) is 5.25. The van der Waals surface area contributed by atoms with Crippen LogP contribution in [0.3, 0.4) is 0 Å². The average molecular weight is 309 g/mol. The van der Waals surface area contributed by atoms with Gasteiger partial charge in [0.25, 0.3) is 0 Å². The summed E-state index contributed by atoms with van der Waals surface area (Å²) in [7, 11) is -0.576. The zero-order chi connectivity index (χ0) is 15.1. The molecule has 1 aliphatic rings. The van der Waals surface area contributed by atoms with E-state index in [0.29, 0.717) is 12.0 Å². The molecule has 4 heteroatoms. The molecule has 118 valence electrons. The van der Waals surface area contributed by atoms with Gasteiger partial charge in [0.05, 0.1) is 6.61 Å². The summed E-state index contributed by atoms with van der Waals surface area (Å²) in [4.78, 5) is 0. The number of ether oxygens (including phenoxy) is 1. The van der Waals surface area contributed by atoms with Gasteiger partial charge in [-0.3, -0.25) is 4.21 Å². The lowest BCUT2D eigenvalue weighted by Crippen LogP contribution is -2.35. The molecular formula is C17H27NO2S. The van der Waals surface area contributed by atoms with Gasteiger partial charge in [0.1, 0.15) is 5.75 Å². The SMILES string of the molecule is CC(C)CCOc1ccc(CNC2CCS(=O)CC2)cc1. The van der Waals surface area contributed by atoms with E-state index < -0.39 is 10.8 Å². The number of benzene rings is 1. The molecular weight excluding hydrogens is 282 g/mol. The Hall–Kier alpha value is -0.870. The van der Waals surface area contributed by atoms with Crippen LogP contribution >= 0.6 is 0 Å². The van der Waals surface area contributed by atoms with Crippen molar-refractivity contribution in [2.75, 3.05) is 18.1 Å². The molecule has 0 radical (unpaired) electrons. The lowest BCUT2D eigenvalue weighted by molar-refractivity contribution is 0.289. The molecule has 0 bridgehead atoms. The van der Waals surface area contributed by atoms with Gasteiger partial charge >= 0.3 is 0 Å². The van der Waals surface area contributed by atoms with E-state index in [4.69, 9.17) is 4.74 Å².